The van der Waals surface area contributed by atoms with Crippen LogP contribution in [0.4, 0.5) is 0 Å². The maximum absolute atomic E-state index is 12.1. The van der Waals surface area contributed by atoms with E-state index < -0.39 is 5.97 Å². The number of benzene rings is 2. The molecule has 0 unspecified atom stereocenters. The zero-order chi connectivity index (χ0) is 16.2. The molecule has 1 aliphatic carbocycles. The van der Waals surface area contributed by atoms with E-state index in [1.807, 2.05) is 18.2 Å². The molecule has 1 aliphatic heterocycles. The fraction of sp³-hybridized carbons (Fsp3) is 0.211. The lowest BCUT2D eigenvalue weighted by atomic mass is 9.85. The molecule has 0 amide bonds. The minimum Gasteiger partial charge on any atom is -0.435 e. The molecular weight excluding hydrogens is 292 g/mol. The number of fused-ring (bicyclic) bond motifs is 4. The van der Waals surface area contributed by atoms with Crippen LogP contribution in [0.1, 0.15) is 39.9 Å². The maximum Gasteiger partial charge on any atom is 0.351 e. The monoisotopic (exact) mass is 308 g/mol. The van der Waals surface area contributed by atoms with Crippen LogP contribution in [0.2, 0.25) is 0 Å². The summed E-state index contributed by atoms with van der Waals surface area (Å²) >= 11 is 0. The average molecular weight is 308 g/mol. The zero-order valence-electron chi connectivity index (χ0n) is 12.5. The maximum atomic E-state index is 12.1. The van der Waals surface area contributed by atoms with Gasteiger partial charge in [0.2, 0.25) is 0 Å². The van der Waals surface area contributed by atoms with E-state index in [1.54, 1.807) is 18.2 Å². The van der Waals surface area contributed by atoms with Gasteiger partial charge in [0.1, 0.15) is 5.75 Å². The number of ketones is 1. The van der Waals surface area contributed by atoms with Crippen molar-refractivity contribution < 1.29 is 19.7 Å². The van der Waals surface area contributed by atoms with Gasteiger partial charge in [-0.05, 0) is 47.7 Å². The molecule has 0 saturated heterocycles. The van der Waals surface area contributed by atoms with Gasteiger partial charge in [0.15, 0.2) is 5.78 Å². The van der Waals surface area contributed by atoms with E-state index in [-0.39, 0.29) is 11.3 Å². The summed E-state index contributed by atoms with van der Waals surface area (Å²) in [6.07, 6.45) is 3.85. The second-order valence-electron chi connectivity index (χ2n) is 6.00. The summed E-state index contributed by atoms with van der Waals surface area (Å²) in [5.41, 5.74) is 4.15. The molecule has 0 aromatic heterocycles. The summed E-state index contributed by atoms with van der Waals surface area (Å²) in [6.45, 7) is 3.70. The molecule has 0 fully saturated rings. The van der Waals surface area contributed by atoms with Crippen molar-refractivity contribution in [2.75, 3.05) is 0 Å². The lowest BCUT2D eigenvalue weighted by Crippen LogP contribution is -2.35. The van der Waals surface area contributed by atoms with E-state index in [2.05, 4.69) is 6.58 Å². The van der Waals surface area contributed by atoms with Crippen LogP contribution >= 0.6 is 0 Å². The number of carbonyl (C=O) groups excluding carboxylic acids is 1. The predicted octanol–water partition coefficient (Wildman–Crippen LogP) is 3.00. The predicted molar refractivity (Wildman–Crippen MR) is 86.0 cm³/mol. The number of rotatable bonds is 1. The first kappa shape index (κ1) is 14.2. The number of Topliss-reactive ketones (excluding diaryl/α,β-unsaturated/α-hetero) is 1. The van der Waals surface area contributed by atoms with Crippen molar-refractivity contribution in [1.82, 2.24) is 0 Å². The van der Waals surface area contributed by atoms with Crippen LogP contribution in [0.15, 0.2) is 36.9 Å². The van der Waals surface area contributed by atoms with E-state index in [0.29, 0.717) is 23.3 Å². The molecule has 0 bridgehead atoms. The fourth-order valence-corrected chi connectivity index (χ4v) is 3.36. The van der Waals surface area contributed by atoms with Crippen molar-refractivity contribution in [2.24, 2.45) is 0 Å². The van der Waals surface area contributed by atoms with Crippen LogP contribution in [0.25, 0.3) is 17.2 Å². The standard InChI is InChI=1S/C19H16O4/c1-2-11-6-7-13-15-9-12-4-3-5-17(20)14(12)10-18(15)23-19(21,22)16(13)8-11/h2,6-10,21-22H,1,3-5H2. The number of hydrogen-bond acceptors (Lipinski definition) is 4. The Bertz CT molecular complexity index is 849. The molecule has 4 rings (SSSR count). The van der Waals surface area contributed by atoms with Crippen molar-refractivity contribution in [3.05, 3.63) is 59.2 Å². The molecule has 4 nitrogen and oxygen atoms in total. The van der Waals surface area contributed by atoms with Crippen LogP contribution in [0, 0.1) is 0 Å². The third kappa shape index (κ3) is 2.11. The SMILES string of the molecule is C=Cc1ccc2c(c1)C(O)(O)Oc1cc3c(cc1-2)CCCC3=O. The Morgan fingerprint density at radius 2 is 1.91 bits per heavy atom. The largest absolute Gasteiger partial charge is 0.435 e. The van der Waals surface area contributed by atoms with Gasteiger partial charge in [-0.15, -0.1) is 0 Å². The summed E-state index contributed by atoms with van der Waals surface area (Å²) in [5.74, 6) is -2.03. The Hall–Kier alpha value is -2.43. The van der Waals surface area contributed by atoms with Crippen molar-refractivity contribution in [3.8, 4) is 16.9 Å². The van der Waals surface area contributed by atoms with Gasteiger partial charge in [-0.25, -0.2) is 0 Å². The summed E-state index contributed by atoms with van der Waals surface area (Å²) in [4.78, 5) is 12.1. The minimum atomic E-state index is -2.42. The van der Waals surface area contributed by atoms with Crippen LogP contribution in [-0.2, 0) is 12.4 Å². The summed E-state index contributed by atoms with van der Waals surface area (Å²) in [5, 5.41) is 20.6. The van der Waals surface area contributed by atoms with Gasteiger partial charge in [-0.3, -0.25) is 4.79 Å². The zero-order valence-corrected chi connectivity index (χ0v) is 12.5. The number of carbonyl (C=O) groups is 1. The number of hydrogen-bond donors (Lipinski definition) is 2. The first-order valence-corrected chi connectivity index (χ1v) is 7.61. The summed E-state index contributed by atoms with van der Waals surface area (Å²) in [7, 11) is 0. The van der Waals surface area contributed by atoms with Gasteiger partial charge in [0.05, 0.1) is 5.56 Å². The molecule has 2 N–H and O–H groups in total. The summed E-state index contributed by atoms with van der Waals surface area (Å²) in [6, 6.07) is 8.91. The highest BCUT2D eigenvalue weighted by Gasteiger charge is 2.38. The molecule has 2 aromatic rings. The van der Waals surface area contributed by atoms with Gasteiger partial charge in [0.25, 0.3) is 0 Å². The first-order chi connectivity index (χ1) is 11.0. The Morgan fingerprint density at radius 1 is 1.09 bits per heavy atom. The number of aryl methyl sites for hydroxylation is 1. The number of ether oxygens (including phenoxy) is 1. The smallest absolute Gasteiger partial charge is 0.351 e. The van der Waals surface area contributed by atoms with Crippen molar-refractivity contribution in [3.63, 3.8) is 0 Å². The first-order valence-electron chi connectivity index (χ1n) is 7.61. The molecule has 116 valence electrons. The van der Waals surface area contributed by atoms with Crippen LogP contribution in [0.5, 0.6) is 5.75 Å². The Balaban J connectivity index is 1.97. The van der Waals surface area contributed by atoms with Gasteiger partial charge >= 0.3 is 5.97 Å². The Labute approximate surface area is 133 Å². The second kappa shape index (κ2) is 4.78. The topological polar surface area (TPSA) is 66.8 Å². The van der Waals surface area contributed by atoms with Crippen LogP contribution in [-0.4, -0.2) is 16.0 Å². The average Bonchev–Trinajstić information content (AvgIpc) is 2.54. The lowest BCUT2D eigenvalue weighted by molar-refractivity contribution is -0.305. The lowest BCUT2D eigenvalue weighted by Gasteiger charge is -2.32. The quantitative estimate of drug-likeness (QED) is 0.795. The highest BCUT2D eigenvalue weighted by atomic mass is 16.8. The van der Waals surface area contributed by atoms with Crippen LogP contribution < -0.4 is 4.74 Å². The van der Waals surface area contributed by atoms with Crippen molar-refractivity contribution in [2.45, 2.75) is 25.2 Å². The van der Waals surface area contributed by atoms with Crippen LogP contribution in [0.3, 0.4) is 0 Å². The molecule has 0 saturated carbocycles. The normalized spacial score (nSPS) is 17.6. The molecule has 4 heteroatoms. The number of aliphatic hydroxyl groups is 2. The minimum absolute atomic E-state index is 0.0759. The van der Waals surface area contributed by atoms with Gasteiger partial charge < -0.3 is 14.9 Å². The fourth-order valence-electron chi connectivity index (χ4n) is 3.36. The molecule has 2 aromatic carbocycles. The molecule has 1 heterocycles. The molecule has 0 atom stereocenters. The van der Waals surface area contributed by atoms with Crippen molar-refractivity contribution >= 4 is 11.9 Å². The summed E-state index contributed by atoms with van der Waals surface area (Å²) < 4.78 is 5.38. The molecule has 0 spiro atoms. The van der Waals surface area contributed by atoms with Gasteiger partial charge in [-0.2, -0.15) is 0 Å². The molecular formula is C19H16O4. The van der Waals surface area contributed by atoms with E-state index >= 15 is 0 Å². The van der Waals surface area contributed by atoms with E-state index in [1.165, 1.54) is 0 Å². The second-order valence-corrected chi connectivity index (χ2v) is 6.00. The molecule has 0 radical (unpaired) electrons. The Kier molecular flexibility index (Phi) is 2.95. The molecule has 23 heavy (non-hydrogen) atoms. The van der Waals surface area contributed by atoms with Gasteiger partial charge in [-0.1, -0.05) is 24.8 Å². The Morgan fingerprint density at radius 3 is 2.70 bits per heavy atom. The van der Waals surface area contributed by atoms with Gasteiger partial charge in [0, 0.05) is 17.5 Å². The third-order valence-corrected chi connectivity index (χ3v) is 4.53. The van der Waals surface area contributed by atoms with E-state index in [0.717, 1.165) is 29.5 Å². The van der Waals surface area contributed by atoms with Crippen molar-refractivity contribution in [1.29, 1.82) is 0 Å². The highest BCUT2D eigenvalue weighted by Crippen LogP contribution is 2.45. The van der Waals surface area contributed by atoms with E-state index in [4.69, 9.17) is 4.74 Å². The highest BCUT2D eigenvalue weighted by molar-refractivity contribution is 6.00. The van der Waals surface area contributed by atoms with E-state index in [9.17, 15) is 15.0 Å². The molecule has 2 aliphatic rings. The third-order valence-electron chi connectivity index (χ3n) is 4.53.